The summed E-state index contributed by atoms with van der Waals surface area (Å²) in [6.07, 6.45) is 2.05. The predicted molar refractivity (Wildman–Crippen MR) is 74.7 cm³/mol. The molecule has 0 atom stereocenters. The van der Waals surface area contributed by atoms with Crippen LogP contribution in [0.25, 0.3) is 0 Å². The SMILES string of the molecule is CC(C)CCOCCCOc1cccc(CN)c1. The maximum atomic E-state index is 5.64. The number of ether oxygens (including phenoxy) is 2. The monoisotopic (exact) mass is 251 g/mol. The minimum atomic E-state index is 0.551. The second-order valence-corrected chi connectivity index (χ2v) is 4.85. The molecule has 0 spiro atoms. The third-order valence-corrected chi connectivity index (χ3v) is 2.68. The van der Waals surface area contributed by atoms with Crippen LogP contribution >= 0.6 is 0 Å². The molecule has 3 nitrogen and oxygen atoms in total. The van der Waals surface area contributed by atoms with Crippen molar-refractivity contribution in [3.05, 3.63) is 29.8 Å². The molecule has 0 unspecified atom stereocenters. The van der Waals surface area contributed by atoms with Gasteiger partial charge >= 0.3 is 0 Å². The Labute approximate surface area is 110 Å². The van der Waals surface area contributed by atoms with E-state index < -0.39 is 0 Å². The lowest BCUT2D eigenvalue weighted by molar-refractivity contribution is 0.110. The van der Waals surface area contributed by atoms with Crippen molar-refractivity contribution in [2.75, 3.05) is 19.8 Å². The van der Waals surface area contributed by atoms with Crippen molar-refractivity contribution < 1.29 is 9.47 Å². The highest BCUT2D eigenvalue weighted by Gasteiger charge is 1.97. The highest BCUT2D eigenvalue weighted by atomic mass is 16.5. The summed E-state index contributed by atoms with van der Waals surface area (Å²) >= 11 is 0. The first-order chi connectivity index (χ1) is 8.72. The fourth-order valence-electron chi connectivity index (χ4n) is 1.53. The summed E-state index contributed by atoms with van der Waals surface area (Å²) < 4.78 is 11.2. The summed E-state index contributed by atoms with van der Waals surface area (Å²) in [5.41, 5.74) is 6.68. The first kappa shape index (κ1) is 15.0. The van der Waals surface area contributed by atoms with Crippen molar-refractivity contribution in [2.45, 2.75) is 33.2 Å². The fraction of sp³-hybridized carbons (Fsp3) is 0.600. The summed E-state index contributed by atoms with van der Waals surface area (Å²) in [5, 5.41) is 0. The second kappa shape index (κ2) is 8.95. The van der Waals surface area contributed by atoms with E-state index in [0.29, 0.717) is 19.1 Å². The van der Waals surface area contributed by atoms with Crippen molar-refractivity contribution >= 4 is 0 Å². The first-order valence-electron chi connectivity index (χ1n) is 6.72. The zero-order chi connectivity index (χ0) is 13.2. The van der Waals surface area contributed by atoms with E-state index in [0.717, 1.165) is 37.4 Å². The van der Waals surface area contributed by atoms with E-state index in [1.807, 2.05) is 24.3 Å². The Morgan fingerprint density at radius 3 is 2.72 bits per heavy atom. The maximum absolute atomic E-state index is 5.64. The summed E-state index contributed by atoms with van der Waals surface area (Å²) in [6, 6.07) is 7.91. The van der Waals surface area contributed by atoms with Crippen molar-refractivity contribution in [3.63, 3.8) is 0 Å². The number of benzene rings is 1. The Bertz CT molecular complexity index is 326. The van der Waals surface area contributed by atoms with Crippen LogP contribution in [0, 0.1) is 5.92 Å². The van der Waals surface area contributed by atoms with Gasteiger partial charge in [-0.25, -0.2) is 0 Å². The molecule has 0 bridgehead atoms. The van der Waals surface area contributed by atoms with E-state index in [2.05, 4.69) is 13.8 Å². The molecule has 0 fully saturated rings. The maximum Gasteiger partial charge on any atom is 0.119 e. The highest BCUT2D eigenvalue weighted by molar-refractivity contribution is 5.28. The van der Waals surface area contributed by atoms with Gasteiger partial charge in [-0.1, -0.05) is 26.0 Å². The topological polar surface area (TPSA) is 44.5 Å². The molecule has 1 rings (SSSR count). The summed E-state index contributed by atoms with van der Waals surface area (Å²) in [4.78, 5) is 0. The highest BCUT2D eigenvalue weighted by Crippen LogP contribution is 2.12. The molecule has 0 saturated carbocycles. The van der Waals surface area contributed by atoms with Crippen LogP contribution in [0.4, 0.5) is 0 Å². The molecule has 3 heteroatoms. The lowest BCUT2D eigenvalue weighted by atomic mass is 10.1. The van der Waals surface area contributed by atoms with Gasteiger partial charge in [-0.3, -0.25) is 0 Å². The van der Waals surface area contributed by atoms with Gasteiger partial charge in [0.05, 0.1) is 6.61 Å². The molecular weight excluding hydrogens is 226 g/mol. The average Bonchev–Trinajstić information content (AvgIpc) is 2.37. The molecular formula is C15H25NO2. The largest absolute Gasteiger partial charge is 0.493 e. The molecule has 0 aliphatic carbocycles. The van der Waals surface area contributed by atoms with Gasteiger partial charge in [0.25, 0.3) is 0 Å². The van der Waals surface area contributed by atoms with E-state index in [-0.39, 0.29) is 0 Å². The predicted octanol–water partition coefficient (Wildman–Crippen LogP) is 2.98. The van der Waals surface area contributed by atoms with Crippen LogP contribution in [0.5, 0.6) is 5.75 Å². The summed E-state index contributed by atoms with van der Waals surface area (Å²) in [7, 11) is 0. The lowest BCUT2D eigenvalue weighted by Crippen LogP contribution is -2.05. The number of rotatable bonds is 9. The Hall–Kier alpha value is -1.06. The normalized spacial score (nSPS) is 10.9. The van der Waals surface area contributed by atoms with Gasteiger partial charge in [0.1, 0.15) is 5.75 Å². The quantitative estimate of drug-likeness (QED) is 0.686. The van der Waals surface area contributed by atoms with Crippen molar-refractivity contribution in [1.29, 1.82) is 0 Å². The van der Waals surface area contributed by atoms with Gasteiger partial charge in [0, 0.05) is 26.2 Å². The number of hydrogen-bond donors (Lipinski definition) is 1. The smallest absolute Gasteiger partial charge is 0.119 e. The van der Waals surface area contributed by atoms with Crippen LogP contribution in [0.15, 0.2) is 24.3 Å². The zero-order valence-corrected chi connectivity index (χ0v) is 11.5. The van der Waals surface area contributed by atoms with Gasteiger partial charge < -0.3 is 15.2 Å². The zero-order valence-electron chi connectivity index (χ0n) is 11.5. The van der Waals surface area contributed by atoms with Gasteiger partial charge in [0.15, 0.2) is 0 Å². The molecule has 0 aliphatic rings. The van der Waals surface area contributed by atoms with Crippen molar-refractivity contribution in [1.82, 2.24) is 0 Å². The van der Waals surface area contributed by atoms with E-state index in [4.69, 9.17) is 15.2 Å². The lowest BCUT2D eigenvalue weighted by Gasteiger charge is -2.08. The van der Waals surface area contributed by atoms with Crippen molar-refractivity contribution in [2.24, 2.45) is 11.7 Å². The molecule has 0 radical (unpaired) electrons. The molecule has 0 saturated heterocycles. The van der Waals surface area contributed by atoms with E-state index in [1.165, 1.54) is 0 Å². The average molecular weight is 251 g/mol. The van der Waals surface area contributed by atoms with Gasteiger partial charge in [-0.15, -0.1) is 0 Å². The van der Waals surface area contributed by atoms with Crippen LogP contribution in [0.1, 0.15) is 32.3 Å². The molecule has 0 aromatic heterocycles. The minimum absolute atomic E-state index is 0.551. The van der Waals surface area contributed by atoms with Crippen LogP contribution in [0.3, 0.4) is 0 Å². The second-order valence-electron chi connectivity index (χ2n) is 4.85. The van der Waals surface area contributed by atoms with Crippen LogP contribution in [-0.2, 0) is 11.3 Å². The Balaban J connectivity index is 2.06. The minimum Gasteiger partial charge on any atom is -0.493 e. The Kier molecular flexibility index (Phi) is 7.46. The van der Waals surface area contributed by atoms with Gasteiger partial charge in [0.2, 0.25) is 0 Å². The van der Waals surface area contributed by atoms with E-state index in [9.17, 15) is 0 Å². The molecule has 0 heterocycles. The van der Waals surface area contributed by atoms with E-state index >= 15 is 0 Å². The number of hydrogen-bond acceptors (Lipinski definition) is 3. The summed E-state index contributed by atoms with van der Waals surface area (Å²) in [6.45, 7) is 7.27. The van der Waals surface area contributed by atoms with Gasteiger partial charge in [-0.05, 0) is 30.0 Å². The molecule has 0 aliphatic heterocycles. The van der Waals surface area contributed by atoms with Gasteiger partial charge in [-0.2, -0.15) is 0 Å². The molecule has 0 amide bonds. The van der Waals surface area contributed by atoms with Crippen LogP contribution in [0.2, 0.25) is 0 Å². The van der Waals surface area contributed by atoms with E-state index in [1.54, 1.807) is 0 Å². The Morgan fingerprint density at radius 1 is 1.17 bits per heavy atom. The standard InChI is InChI=1S/C15H25NO2/c1-13(2)7-10-17-8-4-9-18-15-6-3-5-14(11-15)12-16/h3,5-6,11,13H,4,7-10,12,16H2,1-2H3. The molecule has 102 valence electrons. The third-order valence-electron chi connectivity index (χ3n) is 2.68. The Morgan fingerprint density at radius 2 is 2.00 bits per heavy atom. The van der Waals surface area contributed by atoms with Crippen molar-refractivity contribution in [3.8, 4) is 5.75 Å². The number of nitrogens with two attached hydrogens (primary N) is 1. The first-order valence-corrected chi connectivity index (χ1v) is 6.72. The molecule has 1 aromatic rings. The van der Waals surface area contributed by atoms with Crippen LogP contribution in [-0.4, -0.2) is 19.8 Å². The fourth-order valence-corrected chi connectivity index (χ4v) is 1.53. The summed E-state index contributed by atoms with van der Waals surface area (Å²) in [5.74, 6) is 1.60. The molecule has 2 N–H and O–H groups in total. The molecule has 1 aromatic carbocycles. The van der Waals surface area contributed by atoms with Crippen LogP contribution < -0.4 is 10.5 Å². The molecule has 18 heavy (non-hydrogen) atoms. The third kappa shape index (κ3) is 6.62.